The van der Waals surface area contributed by atoms with Crippen LogP contribution in [0.1, 0.15) is 24.9 Å². The predicted molar refractivity (Wildman–Crippen MR) is 59.5 cm³/mol. The normalized spacial score (nSPS) is 12.2. The highest BCUT2D eigenvalue weighted by Gasteiger charge is 2.14. The van der Waals surface area contributed by atoms with Gasteiger partial charge >= 0.3 is 5.97 Å². The molecular formula is C12H16FNO2. The fourth-order valence-corrected chi connectivity index (χ4v) is 1.47. The molecule has 1 aromatic carbocycles. The number of rotatable bonds is 5. The minimum Gasteiger partial charge on any atom is -0.466 e. The van der Waals surface area contributed by atoms with Crippen LogP contribution in [0.3, 0.4) is 0 Å². The van der Waals surface area contributed by atoms with E-state index < -0.39 is 0 Å². The SMILES string of the molecule is CCOC(=O)CC(NC)c1ccc(F)cc1. The van der Waals surface area contributed by atoms with Crippen LogP contribution >= 0.6 is 0 Å². The lowest BCUT2D eigenvalue weighted by atomic mass is 10.0. The molecule has 88 valence electrons. The number of carbonyl (C=O) groups is 1. The smallest absolute Gasteiger partial charge is 0.307 e. The lowest BCUT2D eigenvalue weighted by Crippen LogP contribution is -2.21. The Balaban J connectivity index is 2.67. The minimum atomic E-state index is -0.283. The number of nitrogens with one attached hydrogen (secondary N) is 1. The van der Waals surface area contributed by atoms with Gasteiger partial charge in [-0.2, -0.15) is 0 Å². The first-order valence-electron chi connectivity index (χ1n) is 5.25. The fourth-order valence-electron chi connectivity index (χ4n) is 1.47. The standard InChI is InChI=1S/C12H16FNO2/c1-3-16-12(15)8-11(14-2)9-4-6-10(13)7-5-9/h4-7,11,14H,3,8H2,1-2H3. The molecule has 1 atom stereocenters. The molecule has 0 aliphatic carbocycles. The molecule has 0 amide bonds. The summed E-state index contributed by atoms with van der Waals surface area (Å²) in [6.07, 6.45) is 0.246. The molecule has 16 heavy (non-hydrogen) atoms. The molecule has 0 saturated carbocycles. The van der Waals surface area contributed by atoms with Crippen LogP contribution in [0.2, 0.25) is 0 Å². The third-order valence-electron chi connectivity index (χ3n) is 2.30. The van der Waals surface area contributed by atoms with Crippen molar-refractivity contribution in [2.75, 3.05) is 13.7 Å². The molecule has 3 nitrogen and oxygen atoms in total. The summed E-state index contributed by atoms with van der Waals surface area (Å²) in [5.41, 5.74) is 0.872. The van der Waals surface area contributed by atoms with Crippen LogP contribution < -0.4 is 5.32 Å². The lowest BCUT2D eigenvalue weighted by molar-refractivity contribution is -0.143. The van der Waals surface area contributed by atoms with Gasteiger partial charge in [0, 0.05) is 6.04 Å². The molecule has 1 N–H and O–H groups in total. The quantitative estimate of drug-likeness (QED) is 0.779. The number of hydrogen-bond acceptors (Lipinski definition) is 3. The number of esters is 1. The van der Waals surface area contributed by atoms with Gasteiger partial charge in [-0.1, -0.05) is 12.1 Å². The number of hydrogen-bond donors (Lipinski definition) is 1. The molecule has 0 aromatic heterocycles. The summed E-state index contributed by atoms with van der Waals surface area (Å²) in [6.45, 7) is 2.14. The van der Waals surface area contributed by atoms with Crippen LogP contribution in [0.25, 0.3) is 0 Å². The second-order valence-electron chi connectivity index (χ2n) is 3.40. The van der Waals surface area contributed by atoms with Crippen LogP contribution in [0.15, 0.2) is 24.3 Å². The maximum absolute atomic E-state index is 12.7. The number of carbonyl (C=O) groups excluding carboxylic acids is 1. The zero-order valence-electron chi connectivity index (χ0n) is 9.50. The van der Waals surface area contributed by atoms with Crippen molar-refractivity contribution in [2.45, 2.75) is 19.4 Å². The molecule has 0 bridgehead atoms. The Morgan fingerprint density at radius 2 is 2.06 bits per heavy atom. The second kappa shape index (κ2) is 6.23. The molecule has 0 spiro atoms. The number of benzene rings is 1. The van der Waals surface area contributed by atoms with E-state index in [4.69, 9.17) is 4.74 Å². The molecule has 0 radical (unpaired) electrons. The largest absolute Gasteiger partial charge is 0.466 e. The maximum Gasteiger partial charge on any atom is 0.307 e. The van der Waals surface area contributed by atoms with Gasteiger partial charge in [0.15, 0.2) is 0 Å². The Hall–Kier alpha value is -1.42. The number of halogens is 1. The van der Waals surface area contributed by atoms with Gasteiger partial charge in [-0.15, -0.1) is 0 Å². The molecular weight excluding hydrogens is 209 g/mol. The van der Waals surface area contributed by atoms with Crippen molar-refractivity contribution in [3.8, 4) is 0 Å². The molecule has 0 aliphatic heterocycles. The van der Waals surface area contributed by atoms with Crippen LogP contribution in [-0.2, 0) is 9.53 Å². The van der Waals surface area contributed by atoms with E-state index in [-0.39, 0.29) is 24.2 Å². The van der Waals surface area contributed by atoms with E-state index in [1.807, 2.05) is 0 Å². The van der Waals surface area contributed by atoms with E-state index in [1.54, 1.807) is 26.1 Å². The first-order valence-corrected chi connectivity index (χ1v) is 5.25. The van der Waals surface area contributed by atoms with Crippen molar-refractivity contribution < 1.29 is 13.9 Å². The minimum absolute atomic E-state index is 0.139. The number of ether oxygens (including phenoxy) is 1. The molecule has 4 heteroatoms. The van der Waals surface area contributed by atoms with Crippen molar-refractivity contribution in [3.63, 3.8) is 0 Å². The summed E-state index contributed by atoms with van der Waals surface area (Å²) in [4.78, 5) is 11.3. The van der Waals surface area contributed by atoms with Gasteiger partial charge in [0.05, 0.1) is 13.0 Å². The van der Waals surface area contributed by atoms with E-state index in [1.165, 1.54) is 12.1 Å². The van der Waals surface area contributed by atoms with Gasteiger partial charge in [0.2, 0.25) is 0 Å². The molecule has 0 fully saturated rings. The summed E-state index contributed by atoms with van der Waals surface area (Å²) >= 11 is 0. The molecule has 0 heterocycles. The third-order valence-corrected chi connectivity index (χ3v) is 2.30. The topological polar surface area (TPSA) is 38.3 Å². The third kappa shape index (κ3) is 3.62. The highest BCUT2D eigenvalue weighted by atomic mass is 19.1. The van der Waals surface area contributed by atoms with Gasteiger partial charge in [0.1, 0.15) is 5.82 Å². The highest BCUT2D eigenvalue weighted by molar-refractivity contribution is 5.70. The van der Waals surface area contributed by atoms with E-state index in [2.05, 4.69) is 5.32 Å². The van der Waals surface area contributed by atoms with Crippen molar-refractivity contribution in [1.82, 2.24) is 5.32 Å². The van der Waals surface area contributed by atoms with Crippen LogP contribution in [0.4, 0.5) is 4.39 Å². The summed E-state index contributed by atoms with van der Waals surface area (Å²) in [5, 5.41) is 3.00. The van der Waals surface area contributed by atoms with Gasteiger partial charge in [0.25, 0.3) is 0 Å². The molecule has 1 aromatic rings. The summed E-state index contributed by atoms with van der Waals surface area (Å²) in [6, 6.07) is 5.95. The Kier molecular flexibility index (Phi) is 4.92. The Labute approximate surface area is 94.6 Å². The van der Waals surface area contributed by atoms with Crippen molar-refractivity contribution >= 4 is 5.97 Å². The van der Waals surface area contributed by atoms with Gasteiger partial charge in [-0.3, -0.25) is 4.79 Å². The van der Waals surface area contributed by atoms with E-state index in [0.717, 1.165) is 5.56 Å². The van der Waals surface area contributed by atoms with E-state index >= 15 is 0 Å². The first-order chi connectivity index (χ1) is 7.67. The van der Waals surface area contributed by atoms with Crippen molar-refractivity contribution in [1.29, 1.82) is 0 Å². The average molecular weight is 225 g/mol. The maximum atomic E-state index is 12.7. The van der Waals surface area contributed by atoms with Crippen molar-refractivity contribution in [2.24, 2.45) is 0 Å². The van der Waals surface area contributed by atoms with Gasteiger partial charge in [-0.05, 0) is 31.7 Å². The summed E-state index contributed by atoms with van der Waals surface area (Å²) in [5.74, 6) is -0.541. The summed E-state index contributed by atoms with van der Waals surface area (Å²) < 4.78 is 17.6. The van der Waals surface area contributed by atoms with Crippen LogP contribution in [-0.4, -0.2) is 19.6 Å². The molecule has 1 rings (SSSR count). The second-order valence-corrected chi connectivity index (χ2v) is 3.40. The Bertz CT molecular complexity index is 337. The Morgan fingerprint density at radius 3 is 2.56 bits per heavy atom. The first kappa shape index (κ1) is 12.6. The lowest BCUT2D eigenvalue weighted by Gasteiger charge is -2.15. The van der Waals surface area contributed by atoms with Gasteiger partial charge < -0.3 is 10.1 Å². The van der Waals surface area contributed by atoms with E-state index in [9.17, 15) is 9.18 Å². The monoisotopic (exact) mass is 225 g/mol. The van der Waals surface area contributed by atoms with Crippen LogP contribution in [0, 0.1) is 5.82 Å². The predicted octanol–water partition coefficient (Wildman–Crippen LogP) is 2.04. The highest BCUT2D eigenvalue weighted by Crippen LogP contribution is 2.17. The summed E-state index contributed by atoms with van der Waals surface area (Å²) in [7, 11) is 1.76. The molecule has 1 unspecified atom stereocenters. The zero-order valence-corrected chi connectivity index (χ0v) is 9.50. The zero-order chi connectivity index (χ0) is 12.0. The van der Waals surface area contributed by atoms with Crippen molar-refractivity contribution in [3.05, 3.63) is 35.6 Å². The van der Waals surface area contributed by atoms with Crippen LogP contribution in [0.5, 0.6) is 0 Å². The fraction of sp³-hybridized carbons (Fsp3) is 0.417. The average Bonchev–Trinajstić information content (AvgIpc) is 2.27. The Morgan fingerprint density at radius 1 is 1.44 bits per heavy atom. The van der Waals surface area contributed by atoms with Gasteiger partial charge in [-0.25, -0.2) is 4.39 Å². The van der Waals surface area contributed by atoms with E-state index in [0.29, 0.717) is 6.61 Å². The molecule has 0 saturated heterocycles. The molecule has 0 aliphatic rings.